The summed E-state index contributed by atoms with van der Waals surface area (Å²) in [6.07, 6.45) is 0. The highest BCUT2D eigenvalue weighted by molar-refractivity contribution is 6.17. The van der Waals surface area contributed by atoms with Crippen molar-refractivity contribution < 1.29 is 9.59 Å². The number of hydrogen-bond donors (Lipinski definition) is 1. The lowest BCUT2D eigenvalue weighted by atomic mass is 9.78. The van der Waals surface area contributed by atoms with E-state index in [0.29, 0.717) is 12.1 Å². The first-order chi connectivity index (χ1) is 10.5. The van der Waals surface area contributed by atoms with Crippen molar-refractivity contribution in [3.63, 3.8) is 0 Å². The van der Waals surface area contributed by atoms with Gasteiger partial charge >= 0.3 is 0 Å². The van der Waals surface area contributed by atoms with Crippen molar-refractivity contribution >= 4 is 11.6 Å². The van der Waals surface area contributed by atoms with Gasteiger partial charge in [0.1, 0.15) is 11.2 Å². The molecule has 3 heteroatoms. The SMILES string of the molecule is CC(=O)[C@@]1(C)C(=O)c2ccccc2[C@H]1NCc1ccccc1. The molecule has 0 aromatic heterocycles. The summed E-state index contributed by atoms with van der Waals surface area (Å²) in [7, 11) is 0. The summed E-state index contributed by atoms with van der Waals surface area (Å²) in [5.74, 6) is -0.180. The molecule has 0 radical (unpaired) electrons. The Morgan fingerprint density at radius 2 is 1.73 bits per heavy atom. The second-order valence-corrected chi connectivity index (χ2v) is 5.97. The third-order valence-electron chi connectivity index (χ3n) is 4.65. The zero-order valence-corrected chi connectivity index (χ0v) is 12.8. The zero-order chi connectivity index (χ0) is 15.7. The maximum absolute atomic E-state index is 12.7. The number of rotatable bonds is 4. The van der Waals surface area contributed by atoms with E-state index in [1.165, 1.54) is 6.92 Å². The van der Waals surface area contributed by atoms with E-state index in [1.54, 1.807) is 6.92 Å². The maximum atomic E-state index is 12.7. The van der Waals surface area contributed by atoms with Crippen molar-refractivity contribution in [1.82, 2.24) is 5.32 Å². The summed E-state index contributed by atoms with van der Waals surface area (Å²) >= 11 is 0. The van der Waals surface area contributed by atoms with Crippen LogP contribution in [0.4, 0.5) is 0 Å². The molecule has 2 aromatic carbocycles. The van der Waals surface area contributed by atoms with Crippen molar-refractivity contribution in [1.29, 1.82) is 0 Å². The number of carbonyl (C=O) groups excluding carboxylic acids is 2. The van der Waals surface area contributed by atoms with Gasteiger partial charge in [-0.3, -0.25) is 9.59 Å². The molecule has 1 aliphatic carbocycles. The summed E-state index contributed by atoms with van der Waals surface area (Å²) in [6, 6.07) is 17.2. The third-order valence-corrected chi connectivity index (χ3v) is 4.65. The van der Waals surface area contributed by atoms with E-state index < -0.39 is 5.41 Å². The van der Waals surface area contributed by atoms with Crippen LogP contribution in [0.25, 0.3) is 0 Å². The van der Waals surface area contributed by atoms with Gasteiger partial charge in [0.25, 0.3) is 0 Å². The minimum absolute atomic E-state index is 0.0823. The molecule has 2 aromatic rings. The average molecular weight is 293 g/mol. The maximum Gasteiger partial charge on any atom is 0.178 e. The fourth-order valence-electron chi connectivity index (χ4n) is 3.17. The monoisotopic (exact) mass is 293 g/mol. The first kappa shape index (κ1) is 14.7. The zero-order valence-electron chi connectivity index (χ0n) is 12.8. The summed E-state index contributed by atoms with van der Waals surface area (Å²) in [6.45, 7) is 3.87. The summed E-state index contributed by atoms with van der Waals surface area (Å²) < 4.78 is 0. The Morgan fingerprint density at radius 1 is 1.09 bits per heavy atom. The number of Topliss-reactive ketones (excluding diaryl/α,β-unsaturated/α-hetero) is 2. The van der Waals surface area contributed by atoms with Gasteiger partial charge in [-0.2, -0.15) is 0 Å². The molecular weight excluding hydrogens is 274 g/mol. The van der Waals surface area contributed by atoms with E-state index in [4.69, 9.17) is 0 Å². The van der Waals surface area contributed by atoms with E-state index in [2.05, 4.69) is 5.32 Å². The summed E-state index contributed by atoms with van der Waals surface area (Å²) in [5.41, 5.74) is 1.68. The lowest BCUT2D eigenvalue weighted by Gasteiger charge is -2.28. The normalized spacial score (nSPS) is 23.4. The van der Waals surface area contributed by atoms with Gasteiger partial charge in [-0.05, 0) is 25.0 Å². The molecule has 2 atom stereocenters. The van der Waals surface area contributed by atoms with Gasteiger partial charge in [0.2, 0.25) is 0 Å². The van der Waals surface area contributed by atoms with Crippen LogP contribution in [-0.2, 0) is 11.3 Å². The Hall–Kier alpha value is -2.26. The molecular formula is C19H19NO2. The molecule has 3 nitrogen and oxygen atoms in total. The molecule has 1 aliphatic rings. The van der Waals surface area contributed by atoms with Crippen LogP contribution >= 0.6 is 0 Å². The summed E-state index contributed by atoms with van der Waals surface area (Å²) in [5, 5.41) is 3.41. The van der Waals surface area contributed by atoms with Gasteiger partial charge in [-0.1, -0.05) is 54.6 Å². The average Bonchev–Trinajstić information content (AvgIpc) is 2.76. The van der Waals surface area contributed by atoms with Crippen LogP contribution in [0.15, 0.2) is 54.6 Å². The molecule has 3 rings (SSSR count). The highest BCUT2D eigenvalue weighted by Gasteiger charge is 2.52. The molecule has 0 saturated carbocycles. The van der Waals surface area contributed by atoms with Gasteiger partial charge in [-0.15, -0.1) is 0 Å². The van der Waals surface area contributed by atoms with Crippen LogP contribution in [-0.4, -0.2) is 11.6 Å². The fourth-order valence-corrected chi connectivity index (χ4v) is 3.17. The Bertz CT molecular complexity index is 723. The van der Waals surface area contributed by atoms with Crippen LogP contribution in [0.2, 0.25) is 0 Å². The van der Waals surface area contributed by atoms with Crippen LogP contribution in [0.1, 0.15) is 41.4 Å². The first-order valence-electron chi connectivity index (χ1n) is 7.47. The predicted molar refractivity (Wildman–Crippen MR) is 85.6 cm³/mol. The predicted octanol–water partition coefficient (Wildman–Crippen LogP) is 3.31. The van der Waals surface area contributed by atoms with E-state index in [0.717, 1.165) is 11.1 Å². The molecule has 0 aliphatic heterocycles. The van der Waals surface area contributed by atoms with Gasteiger partial charge < -0.3 is 5.32 Å². The van der Waals surface area contributed by atoms with E-state index >= 15 is 0 Å². The van der Waals surface area contributed by atoms with Crippen LogP contribution < -0.4 is 5.32 Å². The van der Waals surface area contributed by atoms with Crippen molar-refractivity contribution in [2.24, 2.45) is 5.41 Å². The van der Waals surface area contributed by atoms with E-state index in [1.807, 2.05) is 54.6 Å². The molecule has 0 unspecified atom stereocenters. The minimum Gasteiger partial charge on any atom is -0.305 e. The van der Waals surface area contributed by atoms with Crippen molar-refractivity contribution in [3.05, 3.63) is 71.3 Å². The second-order valence-electron chi connectivity index (χ2n) is 5.97. The third kappa shape index (κ3) is 2.18. The molecule has 0 amide bonds. The smallest absolute Gasteiger partial charge is 0.178 e. The van der Waals surface area contributed by atoms with Crippen LogP contribution in [0.3, 0.4) is 0 Å². The molecule has 22 heavy (non-hydrogen) atoms. The molecule has 112 valence electrons. The molecule has 0 heterocycles. The second kappa shape index (κ2) is 5.50. The Balaban J connectivity index is 1.95. The van der Waals surface area contributed by atoms with Crippen molar-refractivity contribution in [2.45, 2.75) is 26.4 Å². The van der Waals surface area contributed by atoms with Crippen LogP contribution in [0.5, 0.6) is 0 Å². The minimum atomic E-state index is -1.03. The van der Waals surface area contributed by atoms with Crippen LogP contribution in [0, 0.1) is 5.41 Å². The topological polar surface area (TPSA) is 46.2 Å². The van der Waals surface area contributed by atoms with Crippen molar-refractivity contribution in [2.75, 3.05) is 0 Å². The fraction of sp³-hybridized carbons (Fsp3) is 0.263. The molecule has 0 saturated heterocycles. The van der Waals surface area contributed by atoms with Gasteiger partial charge in [0.15, 0.2) is 5.78 Å². The molecule has 0 fully saturated rings. The molecule has 0 bridgehead atoms. The van der Waals surface area contributed by atoms with E-state index in [9.17, 15) is 9.59 Å². The number of benzene rings is 2. The number of carbonyl (C=O) groups is 2. The van der Waals surface area contributed by atoms with Crippen molar-refractivity contribution in [3.8, 4) is 0 Å². The lowest BCUT2D eigenvalue weighted by Crippen LogP contribution is -2.41. The number of hydrogen-bond acceptors (Lipinski definition) is 3. The molecule has 0 spiro atoms. The number of ketones is 2. The van der Waals surface area contributed by atoms with Gasteiger partial charge in [0.05, 0.1) is 6.04 Å². The van der Waals surface area contributed by atoms with Gasteiger partial charge in [0, 0.05) is 12.1 Å². The van der Waals surface area contributed by atoms with Gasteiger partial charge in [-0.25, -0.2) is 0 Å². The first-order valence-corrected chi connectivity index (χ1v) is 7.47. The Kier molecular flexibility index (Phi) is 3.67. The summed E-state index contributed by atoms with van der Waals surface area (Å²) in [4.78, 5) is 24.9. The number of nitrogens with one attached hydrogen (secondary N) is 1. The number of fused-ring (bicyclic) bond motifs is 1. The highest BCUT2D eigenvalue weighted by atomic mass is 16.2. The highest BCUT2D eigenvalue weighted by Crippen LogP contribution is 2.46. The largest absolute Gasteiger partial charge is 0.305 e. The Morgan fingerprint density at radius 3 is 2.41 bits per heavy atom. The van der Waals surface area contributed by atoms with E-state index in [-0.39, 0.29) is 17.6 Å². The molecule has 1 N–H and O–H groups in total. The standard InChI is InChI=1S/C19H19NO2/c1-13(21)19(2)17(20-12-14-8-4-3-5-9-14)15-10-6-7-11-16(15)18(19)22/h3-11,17,20H,12H2,1-2H3/t17-,19-/m1/s1. The quantitative estimate of drug-likeness (QED) is 0.880. The Labute approximate surface area is 130 Å². The lowest BCUT2D eigenvalue weighted by molar-refractivity contribution is -0.124.